The van der Waals surface area contributed by atoms with Crippen molar-refractivity contribution in [2.45, 2.75) is 59.7 Å². The molecule has 1 aliphatic rings. The van der Waals surface area contributed by atoms with Gasteiger partial charge in [-0.15, -0.1) is 0 Å². The number of hydrogen-bond donors (Lipinski definition) is 2. The fraction of sp³-hybridized carbons (Fsp3) is 0.600. The molecule has 0 heterocycles. The zero-order valence-corrected chi connectivity index (χ0v) is 12.6. The molecule has 1 unspecified atom stereocenters. The van der Waals surface area contributed by atoms with Crippen LogP contribution in [0.4, 0.5) is 8.78 Å². The Morgan fingerprint density at radius 1 is 0.789 bits per heavy atom. The van der Waals surface area contributed by atoms with Gasteiger partial charge in [0.1, 0.15) is 12.2 Å². The van der Waals surface area contributed by atoms with E-state index in [4.69, 9.17) is 10.2 Å². The zero-order valence-electron chi connectivity index (χ0n) is 12.6. The van der Waals surface area contributed by atoms with E-state index in [1.165, 1.54) is 12.1 Å². The number of fused-ring (bicyclic) bond motifs is 1. The summed E-state index contributed by atoms with van der Waals surface area (Å²) in [5, 5.41) is 18.3. The Hall–Kier alpha value is -1.00. The number of halogens is 2. The second-order valence-corrected chi connectivity index (χ2v) is 3.11. The van der Waals surface area contributed by atoms with Gasteiger partial charge in [0.2, 0.25) is 0 Å². The number of aliphatic hydroxyl groups excluding tert-OH is 2. The largest absolute Gasteiger partial charge is 0.382 e. The molecule has 112 valence electrons. The second kappa shape index (κ2) is 9.87. The molecule has 2 atom stereocenters. The van der Waals surface area contributed by atoms with Crippen molar-refractivity contribution in [2.75, 3.05) is 0 Å². The Balaban J connectivity index is 0. The number of aliphatic hydroxyl groups is 2. The highest BCUT2D eigenvalue weighted by atomic mass is 19.3. The molecule has 0 radical (unpaired) electrons. The van der Waals surface area contributed by atoms with Gasteiger partial charge in [-0.25, -0.2) is 8.78 Å². The zero-order chi connectivity index (χ0) is 15.6. The minimum absolute atomic E-state index is 0.111. The van der Waals surface area contributed by atoms with E-state index in [2.05, 4.69) is 0 Å². The Labute approximate surface area is 115 Å². The van der Waals surface area contributed by atoms with E-state index in [9.17, 15) is 8.78 Å². The Morgan fingerprint density at radius 2 is 1.05 bits per heavy atom. The number of alkyl halides is 2. The molecule has 0 spiro atoms. The van der Waals surface area contributed by atoms with Gasteiger partial charge in [0.05, 0.1) is 0 Å². The van der Waals surface area contributed by atoms with Gasteiger partial charge >= 0.3 is 5.92 Å². The van der Waals surface area contributed by atoms with Gasteiger partial charge in [0, 0.05) is 0 Å². The second-order valence-electron chi connectivity index (χ2n) is 3.11. The predicted octanol–water partition coefficient (Wildman–Crippen LogP) is 4.48. The standard InChI is InChI=1S/C9H8F2O2.3C2H6/c10-9(11)7(12)5-3-1-2-4-6(5)8(9)13;3*1-2/h1-4,7-8,12-13H;3*1-2H3/t7-,8?;;;/m0.../s1. The molecule has 0 bridgehead atoms. The van der Waals surface area contributed by atoms with Crippen LogP contribution in [0.3, 0.4) is 0 Å². The summed E-state index contributed by atoms with van der Waals surface area (Å²) in [6.45, 7) is 12.0. The normalized spacial score (nSPS) is 21.6. The van der Waals surface area contributed by atoms with Gasteiger partial charge in [0.15, 0.2) is 0 Å². The summed E-state index contributed by atoms with van der Waals surface area (Å²) < 4.78 is 26.0. The van der Waals surface area contributed by atoms with Crippen molar-refractivity contribution in [3.8, 4) is 0 Å². The molecule has 0 saturated heterocycles. The lowest BCUT2D eigenvalue weighted by Crippen LogP contribution is -2.26. The van der Waals surface area contributed by atoms with Gasteiger partial charge in [-0.05, 0) is 11.1 Å². The van der Waals surface area contributed by atoms with Crippen LogP contribution in [0.25, 0.3) is 0 Å². The van der Waals surface area contributed by atoms with E-state index in [1.807, 2.05) is 41.5 Å². The molecule has 1 aromatic carbocycles. The number of rotatable bonds is 0. The van der Waals surface area contributed by atoms with E-state index in [0.29, 0.717) is 0 Å². The highest BCUT2D eigenvalue weighted by Crippen LogP contribution is 2.49. The maximum Gasteiger partial charge on any atom is 0.306 e. The highest BCUT2D eigenvalue weighted by molar-refractivity contribution is 5.38. The van der Waals surface area contributed by atoms with Crippen molar-refractivity contribution in [3.05, 3.63) is 35.4 Å². The molecule has 0 fully saturated rings. The third kappa shape index (κ3) is 4.25. The molecule has 2 rings (SSSR count). The number of hydrogen-bond acceptors (Lipinski definition) is 2. The van der Waals surface area contributed by atoms with Crippen LogP contribution in [0, 0.1) is 0 Å². The maximum atomic E-state index is 13.0. The first-order valence-electron chi connectivity index (χ1n) is 6.88. The van der Waals surface area contributed by atoms with E-state index < -0.39 is 18.1 Å². The molecular formula is C15H26F2O2. The average molecular weight is 276 g/mol. The SMILES string of the molecule is CC.CC.CC.OC1c2ccccc2[C@H](O)C1(F)F. The molecular weight excluding hydrogens is 250 g/mol. The smallest absolute Gasteiger partial charge is 0.306 e. The van der Waals surface area contributed by atoms with Gasteiger partial charge in [0.25, 0.3) is 0 Å². The lowest BCUT2D eigenvalue weighted by Gasteiger charge is -2.17. The fourth-order valence-corrected chi connectivity index (χ4v) is 1.57. The van der Waals surface area contributed by atoms with Crippen LogP contribution in [0.1, 0.15) is 64.9 Å². The van der Waals surface area contributed by atoms with Crippen molar-refractivity contribution in [1.29, 1.82) is 0 Å². The van der Waals surface area contributed by atoms with Crippen LogP contribution >= 0.6 is 0 Å². The first-order chi connectivity index (χ1) is 9.05. The molecule has 1 aromatic rings. The van der Waals surface area contributed by atoms with Gasteiger partial charge in [-0.1, -0.05) is 65.8 Å². The summed E-state index contributed by atoms with van der Waals surface area (Å²) in [5.74, 6) is -3.47. The molecule has 0 aliphatic heterocycles. The first kappa shape index (κ1) is 20.3. The Morgan fingerprint density at radius 3 is 1.32 bits per heavy atom. The molecule has 1 aliphatic carbocycles. The lowest BCUT2D eigenvalue weighted by atomic mass is 10.1. The van der Waals surface area contributed by atoms with Crippen LogP contribution < -0.4 is 0 Å². The van der Waals surface area contributed by atoms with Crippen LogP contribution in [0.5, 0.6) is 0 Å². The Bertz CT molecular complexity index is 310. The van der Waals surface area contributed by atoms with Crippen LogP contribution in [0.2, 0.25) is 0 Å². The van der Waals surface area contributed by atoms with Crippen LogP contribution in [-0.2, 0) is 0 Å². The van der Waals surface area contributed by atoms with Crippen LogP contribution in [0.15, 0.2) is 24.3 Å². The van der Waals surface area contributed by atoms with Crippen molar-refractivity contribution in [1.82, 2.24) is 0 Å². The van der Waals surface area contributed by atoms with Gasteiger partial charge < -0.3 is 10.2 Å². The minimum atomic E-state index is -3.47. The van der Waals surface area contributed by atoms with Crippen molar-refractivity contribution < 1.29 is 19.0 Å². The van der Waals surface area contributed by atoms with E-state index in [1.54, 1.807) is 12.1 Å². The summed E-state index contributed by atoms with van der Waals surface area (Å²) in [4.78, 5) is 0. The fourth-order valence-electron chi connectivity index (χ4n) is 1.57. The maximum absolute atomic E-state index is 13.0. The first-order valence-corrected chi connectivity index (χ1v) is 6.88. The van der Waals surface area contributed by atoms with Crippen molar-refractivity contribution >= 4 is 0 Å². The molecule has 4 heteroatoms. The highest BCUT2D eigenvalue weighted by Gasteiger charge is 2.54. The third-order valence-electron chi connectivity index (χ3n) is 2.31. The van der Waals surface area contributed by atoms with Crippen LogP contribution in [-0.4, -0.2) is 16.1 Å². The third-order valence-corrected chi connectivity index (χ3v) is 2.31. The molecule has 0 aromatic heterocycles. The quantitative estimate of drug-likeness (QED) is 0.733. The topological polar surface area (TPSA) is 40.5 Å². The predicted molar refractivity (Wildman–Crippen MR) is 75.4 cm³/mol. The molecule has 19 heavy (non-hydrogen) atoms. The molecule has 0 saturated carbocycles. The van der Waals surface area contributed by atoms with E-state index >= 15 is 0 Å². The molecule has 0 amide bonds. The van der Waals surface area contributed by atoms with E-state index in [0.717, 1.165) is 0 Å². The summed E-state index contributed by atoms with van der Waals surface area (Å²) >= 11 is 0. The Kier molecular flexibility index (Phi) is 10.6. The average Bonchev–Trinajstić information content (AvgIpc) is 2.67. The lowest BCUT2D eigenvalue weighted by molar-refractivity contribution is -0.166. The molecule has 2 N–H and O–H groups in total. The van der Waals surface area contributed by atoms with Crippen molar-refractivity contribution in [2.24, 2.45) is 0 Å². The van der Waals surface area contributed by atoms with Crippen molar-refractivity contribution in [3.63, 3.8) is 0 Å². The summed E-state index contributed by atoms with van der Waals surface area (Å²) in [6, 6.07) is 5.89. The number of benzene rings is 1. The van der Waals surface area contributed by atoms with Gasteiger partial charge in [-0.2, -0.15) is 0 Å². The minimum Gasteiger partial charge on any atom is -0.382 e. The monoisotopic (exact) mass is 276 g/mol. The summed E-state index contributed by atoms with van der Waals surface area (Å²) in [5.41, 5.74) is 0.222. The summed E-state index contributed by atoms with van der Waals surface area (Å²) in [7, 11) is 0. The van der Waals surface area contributed by atoms with E-state index in [-0.39, 0.29) is 11.1 Å². The summed E-state index contributed by atoms with van der Waals surface area (Å²) in [6.07, 6.45) is -3.78. The van der Waals surface area contributed by atoms with Gasteiger partial charge in [-0.3, -0.25) is 0 Å². The molecule has 2 nitrogen and oxygen atoms in total.